The molecule has 5 nitrogen and oxygen atoms in total. The van der Waals surface area contributed by atoms with Crippen molar-refractivity contribution in [2.45, 2.75) is 20.0 Å². The molecular weight excluding hydrogens is 296 g/mol. The zero-order valence-corrected chi connectivity index (χ0v) is 13.8. The third-order valence-electron chi connectivity index (χ3n) is 4.19. The van der Waals surface area contributed by atoms with Crippen LogP contribution in [0.25, 0.3) is 0 Å². The van der Waals surface area contributed by atoms with Crippen molar-refractivity contribution in [3.63, 3.8) is 0 Å². The second-order valence-corrected chi connectivity index (χ2v) is 6.55. The molecule has 0 amide bonds. The molecule has 6 heteroatoms. The van der Waals surface area contributed by atoms with Crippen molar-refractivity contribution < 1.29 is 0 Å². The minimum absolute atomic E-state index is 0.159. The fourth-order valence-corrected chi connectivity index (χ4v) is 3.57. The molecule has 0 bridgehead atoms. The SMILES string of the molecule is Cc1csc(=O)n1CCN1CCN(Cc2ccccn2)CC1. The van der Waals surface area contributed by atoms with E-state index in [0.717, 1.165) is 57.2 Å². The van der Waals surface area contributed by atoms with Gasteiger partial charge in [0.05, 0.1) is 5.69 Å². The molecule has 0 aromatic carbocycles. The van der Waals surface area contributed by atoms with Gasteiger partial charge in [-0.05, 0) is 19.1 Å². The summed E-state index contributed by atoms with van der Waals surface area (Å²) in [6.07, 6.45) is 1.85. The Bertz CT molecular complexity index is 644. The third kappa shape index (κ3) is 3.82. The summed E-state index contributed by atoms with van der Waals surface area (Å²) in [6, 6.07) is 6.08. The number of piperazine rings is 1. The van der Waals surface area contributed by atoms with Gasteiger partial charge < -0.3 is 4.57 Å². The Kier molecular flexibility index (Phi) is 5.02. The lowest BCUT2D eigenvalue weighted by Gasteiger charge is -2.34. The summed E-state index contributed by atoms with van der Waals surface area (Å²) in [6.45, 7) is 8.93. The predicted octanol–water partition coefficient (Wildman–Crippen LogP) is 1.43. The molecule has 22 heavy (non-hydrogen) atoms. The van der Waals surface area contributed by atoms with Crippen molar-refractivity contribution in [2.75, 3.05) is 32.7 Å². The molecule has 3 rings (SSSR count). The Morgan fingerprint density at radius 3 is 2.55 bits per heavy atom. The summed E-state index contributed by atoms with van der Waals surface area (Å²) in [4.78, 5) is 21.2. The molecule has 0 radical (unpaired) electrons. The second kappa shape index (κ2) is 7.17. The Balaban J connectivity index is 1.45. The average molecular weight is 318 g/mol. The van der Waals surface area contributed by atoms with E-state index in [1.807, 2.05) is 35.2 Å². The highest BCUT2D eigenvalue weighted by atomic mass is 32.1. The molecule has 0 aliphatic carbocycles. The first-order valence-corrected chi connectivity index (χ1v) is 8.60. The third-order valence-corrected chi connectivity index (χ3v) is 5.07. The van der Waals surface area contributed by atoms with Crippen LogP contribution in [0.3, 0.4) is 0 Å². The zero-order chi connectivity index (χ0) is 15.4. The van der Waals surface area contributed by atoms with Crippen molar-refractivity contribution in [2.24, 2.45) is 0 Å². The molecule has 0 atom stereocenters. The average Bonchev–Trinajstić information content (AvgIpc) is 2.86. The van der Waals surface area contributed by atoms with Gasteiger partial charge in [0.2, 0.25) is 0 Å². The lowest BCUT2D eigenvalue weighted by atomic mass is 10.2. The summed E-state index contributed by atoms with van der Waals surface area (Å²) < 4.78 is 1.88. The molecule has 3 heterocycles. The minimum Gasteiger partial charge on any atom is -0.302 e. The number of pyridine rings is 1. The van der Waals surface area contributed by atoms with E-state index < -0.39 is 0 Å². The molecule has 118 valence electrons. The topological polar surface area (TPSA) is 41.4 Å². The molecule has 1 fully saturated rings. The van der Waals surface area contributed by atoms with E-state index in [2.05, 4.69) is 20.9 Å². The van der Waals surface area contributed by atoms with Crippen molar-refractivity contribution in [3.8, 4) is 0 Å². The zero-order valence-electron chi connectivity index (χ0n) is 12.9. The number of hydrogen-bond acceptors (Lipinski definition) is 5. The molecule has 2 aromatic heterocycles. The number of nitrogens with zero attached hydrogens (tertiary/aromatic N) is 4. The number of thiazole rings is 1. The molecule has 0 spiro atoms. The van der Waals surface area contributed by atoms with Crippen LogP contribution < -0.4 is 4.87 Å². The summed E-state index contributed by atoms with van der Waals surface area (Å²) in [5.74, 6) is 0. The van der Waals surface area contributed by atoms with Crippen molar-refractivity contribution in [1.29, 1.82) is 0 Å². The van der Waals surface area contributed by atoms with Crippen LogP contribution in [-0.4, -0.2) is 52.1 Å². The van der Waals surface area contributed by atoms with Gasteiger partial charge in [0.1, 0.15) is 0 Å². The van der Waals surface area contributed by atoms with E-state index in [4.69, 9.17) is 0 Å². The Morgan fingerprint density at radius 2 is 1.91 bits per heavy atom. The van der Waals surface area contributed by atoms with Crippen LogP contribution in [-0.2, 0) is 13.1 Å². The molecule has 0 N–H and O–H groups in total. The predicted molar refractivity (Wildman–Crippen MR) is 89.3 cm³/mol. The first-order chi connectivity index (χ1) is 10.7. The van der Waals surface area contributed by atoms with E-state index in [-0.39, 0.29) is 4.87 Å². The van der Waals surface area contributed by atoms with Gasteiger partial charge in [-0.3, -0.25) is 19.6 Å². The van der Waals surface area contributed by atoms with E-state index >= 15 is 0 Å². The van der Waals surface area contributed by atoms with Crippen molar-refractivity contribution in [3.05, 3.63) is 50.8 Å². The summed E-state index contributed by atoms with van der Waals surface area (Å²) in [5, 5.41) is 1.94. The molecule has 0 unspecified atom stereocenters. The van der Waals surface area contributed by atoms with Gasteiger partial charge in [-0.2, -0.15) is 0 Å². The fourth-order valence-electron chi connectivity index (χ4n) is 2.81. The van der Waals surface area contributed by atoms with E-state index in [0.29, 0.717) is 0 Å². The Hall–Kier alpha value is -1.50. The van der Waals surface area contributed by atoms with Crippen LogP contribution >= 0.6 is 11.3 Å². The maximum absolute atomic E-state index is 11.7. The van der Waals surface area contributed by atoms with Gasteiger partial charge in [-0.15, -0.1) is 0 Å². The van der Waals surface area contributed by atoms with Gasteiger partial charge >= 0.3 is 4.87 Å². The highest BCUT2D eigenvalue weighted by Gasteiger charge is 2.17. The van der Waals surface area contributed by atoms with Gasteiger partial charge in [0, 0.05) is 63.1 Å². The van der Waals surface area contributed by atoms with E-state index in [9.17, 15) is 4.79 Å². The fraction of sp³-hybridized carbons (Fsp3) is 0.500. The maximum atomic E-state index is 11.7. The first kappa shape index (κ1) is 15.4. The van der Waals surface area contributed by atoms with Crippen LogP contribution in [0.4, 0.5) is 0 Å². The molecular formula is C16H22N4OS. The van der Waals surface area contributed by atoms with E-state index in [1.165, 1.54) is 11.3 Å². The smallest absolute Gasteiger partial charge is 0.302 e. The molecule has 1 aliphatic heterocycles. The van der Waals surface area contributed by atoms with Gasteiger partial charge in [-0.1, -0.05) is 17.4 Å². The van der Waals surface area contributed by atoms with Gasteiger partial charge in [-0.25, -0.2) is 0 Å². The largest absolute Gasteiger partial charge is 0.307 e. The number of aryl methyl sites for hydroxylation is 1. The van der Waals surface area contributed by atoms with Crippen molar-refractivity contribution in [1.82, 2.24) is 19.4 Å². The lowest BCUT2D eigenvalue weighted by molar-refractivity contribution is 0.123. The quantitative estimate of drug-likeness (QED) is 0.836. The maximum Gasteiger partial charge on any atom is 0.307 e. The van der Waals surface area contributed by atoms with Gasteiger partial charge in [0.25, 0.3) is 0 Å². The molecule has 1 aliphatic rings. The van der Waals surface area contributed by atoms with Crippen LogP contribution in [0, 0.1) is 6.92 Å². The van der Waals surface area contributed by atoms with Crippen LogP contribution in [0.1, 0.15) is 11.4 Å². The normalized spacial score (nSPS) is 17.0. The van der Waals surface area contributed by atoms with Crippen LogP contribution in [0.2, 0.25) is 0 Å². The minimum atomic E-state index is 0.159. The summed E-state index contributed by atoms with van der Waals surface area (Å²) >= 11 is 1.29. The Morgan fingerprint density at radius 1 is 1.14 bits per heavy atom. The van der Waals surface area contributed by atoms with Crippen molar-refractivity contribution >= 4 is 11.3 Å². The van der Waals surface area contributed by atoms with Crippen LogP contribution in [0.5, 0.6) is 0 Å². The monoisotopic (exact) mass is 318 g/mol. The summed E-state index contributed by atoms with van der Waals surface area (Å²) in [5.41, 5.74) is 2.21. The highest BCUT2D eigenvalue weighted by molar-refractivity contribution is 7.07. The lowest BCUT2D eigenvalue weighted by Crippen LogP contribution is -2.47. The number of aromatic nitrogens is 2. The second-order valence-electron chi connectivity index (χ2n) is 5.73. The highest BCUT2D eigenvalue weighted by Crippen LogP contribution is 2.07. The number of rotatable bonds is 5. The first-order valence-electron chi connectivity index (χ1n) is 7.72. The molecule has 2 aromatic rings. The van der Waals surface area contributed by atoms with Crippen LogP contribution in [0.15, 0.2) is 34.6 Å². The van der Waals surface area contributed by atoms with E-state index in [1.54, 1.807) is 0 Å². The number of hydrogen-bond donors (Lipinski definition) is 0. The molecule has 0 saturated carbocycles. The Labute approximate surface area is 134 Å². The summed E-state index contributed by atoms with van der Waals surface area (Å²) in [7, 11) is 0. The van der Waals surface area contributed by atoms with Gasteiger partial charge in [0.15, 0.2) is 0 Å². The standard InChI is InChI=1S/C16H22N4OS/c1-14-13-22-16(21)20(14)11-10-18-6-8-19(9-7-18)12-15-4-2-3-5-17-15/h2-5,13H,6-12H2,1H3. The molecule has 1 saturated heterocycles.